The highest BCUT2D eigenvalue weighted by atomic mass is 32.2. The van der Waals surface area contributed by atoms with Crippen LogP contribution in [0, 0.1) is 17.1 Å². The predicted molar refractivity (Wildman–Crippen MR) is 118 cm³/mol. The zero-order chi connectivity index (χ0) is 23.4. The zero-order valence-corrected chi connectivity index (χ0v) is 18.0. The van der Waals surface area contributed by atoms with Crippen molar-refractivity contribution in [3.05, 3.63) is 71.7 Å². The number of halogens is 4. The van der Waals surface area contributed by atoms with E-state index >= 15 is 0 Å². The minimum absolute atomic E-state index is 0.00704. The summed E-state index contributed by atoms with van der Waals surface area (Å²) in [5.74, 6) is -0.302. The van der Waals surface area contributed by atoms with Crippen LogP contribution in [0.2, 0.25) is 0 Å². The van der Waals surface area contributed by atoms with Crippen LogP contribution in [0.3, 0.4) is 0 Å². The van der Waals surface area contributed by atoms with Crippen molar-refractivity contribution in [1.82, 2.24) is 14.3 Å². The van der Waals surface area contributed by atoms with E-state index in [9.17, 15) is 17.6 Å². The second-order valence-corrected chi connectivity index (χ2v) is 8.38. The van der Waals surface area contributed by atoms with E-state index in [4.69, 9.17) is 5.26 Å². The Morgan fingerprint density at radius 1 is 0.939 bits per heavy atom. The third kappa shape index (κ3) is 5.91. The SMILES string of the molecule is N#Cc1ccc(Nc2cc(C(F)(F)F)nc(N3CCN(Sc4ccc(F)cc4)CC3)n2)cc1. The molecule has 0 atom stereocenters. The van der Waals surface area contributed by atoms with Crippen LogP contribution in [-0.4, -0.2) is 40.5 Å². The highest BCUT2D eigenvalue weighted by Gasteiger charge is 2.34. The van der Waals surface area contributed by atoms with Gasteiger partial charge < -0.3 is 10.2 Å². The molecule has 2 aromatic carbocycles. The van der Waals surface area contributed by atoms with E-state index in [0.717, 1.165) is 11.0 Å². The van der Waals surface area contributed by atoms with Crippen molar-refractivity contribution in [2.45, 2.75) is 11.1 Å². The third-order valence-electron chi connectivity index (χ3n) is 4.86. The van der Waals surface area contributed by atoms with Crippen molar-refractivity contribution in [3.63, 3.8) is 0 Å². The lowest BCUT2D eigenvalue weighted by atomic mass is 10.2. The number of nitriles is 1. The molecule has 0 amide bonds. The average molecular weight is 474 g/mol. The normalized spacial score (nSPS) is 14.7. The molecule has 0 radical (unpaired) electrons. The van der Waals surface area contributed by atoms with Crippen molar-refractivity contribution < 1.29 is 17.6 Å². The molecule has 0 unspecified atom stereocenters. The van der Waals surface area contributed by atoms with Crippen LogP contribution in [-0.2, 0) is 6.18 Å². The van der Waals surface area contributed by atoms with Crippen molar-refractivity contribution in [1.29, 1.82) is 5.26 Å². The summed E-state index contributed by atoms with van der Waals surface area (Å²) in [6, 6.07) is 15.3. The molecule has 0 saturated carbocycles. The molecule has 6 nitrogen and oxygen atoms in total. The summed E-state index contributed by atoms with van der Waals surface area (Å²) in [6.45, 7) is 2.01. The van der Waals surface area contributed by atoms with Crippen LogP contribution in [0.25, 0.3) is 0 Å². The molecule has 1 aromatic heterocycles. The molecule has 1 fully saturated rings. The summed E-state index contributed by atoms with van der Waals surface area (Å²) >= 11 is 1.47. The monoisotopic (exact) mass is 474 g/mol. The summed E-state index contributed by atoms with van der Waals surface area (Å²) in [5, 5.41) is 11.8. The van der Waals surface area contributed by atoms with Crippen LogP contribution in [0.4, 0.5) is 35.0 Å². The first-order chi connectivity index (χ1) is 15.8. The number of anilines is 3. The second kappa shape index (κ2) is 9.64. The Bertz CT molecular complexity index is 1140. The summed E-state index contributed by atoms with van der Waals surface area (Å²) in [6.07, 6.45) is -4.63. The van der Waals surface area contributed by atoms with Crippen LogP contribution in [0.5, 0.6) is 0 Å². The number of nitrogens with one attached hydrogen (secondary N) is 1. The summed E-state index contributed by atoms with van der Waals surface area (Å²) in [7, 11) is 0. The smallest absolute Gasteiger partial charge is 0.340 e. The molecular formula is C22H18F4N6S. The van der Waals surface area contributed by atoms with Gasteiger partial charge in [0.2, 0.25) is 5.95 Å². The van der Waals surface area contributed by atoms with Gasteiger partial charge in [0, 0.05) is 42.8 Å². The Hall–Kier alpha value is -3.36. The first-order valence-electron chi connectivity index (χ1n) is 9.97. The summed E-state index contributed by atoms with van der Waals surface area (Å²) < 4.78 is 55.6. The van der Waals surface area contributed by atoms with E-state index in [2.05, 4.69) is 19.6 Å². The van der Waals surface area contributed by atoms with Gasteiger partial charge in [0.25, 0.3) is 0 Å². The maximum Gasteiger partial charge on any atom is 0.433 e. The molecule has 3 aromatic rings. The predicted octanol–water partition coefficient (Wildman–Crippen LogP) is 5.08. The van der Waals surface area contributed by atoms with E-state index in [1.54, 1.807) is 41.3 Å². The van der Waals surface area contributed by atoms with Gasteiger partial charge in [-0.05, 0) is 60.5 Å². The third-order valence-corrected chi connectivity index (χ3v) is 5.97. The topological polar surface area (TPSA) is 68.1 Å². The second-order valence-electron chi connectivity index (χ2n) is 7.21. The van der Waals surface area contributed by atoms with Gasteiger partial charge in [0.05, 0.1) is 11.6 Å². The number of rotatable bonds is 5. The molecular weight excluding hydrogens is 456 g/mol. The Balaban J connectivity index is 1.48. The Kier molecular flexibility index (Phi) is 6.67. The number of aromatic nitrogens is 2. The molecule has 1 aliphatic heterocycles. The van der Waals surface area contributed by atoms with Crippen LogP contribution in [0.1, 0.15) is 11.3 Å². The van der Waals surface area contributed by atoms with Gasteiger partial charge in [-0.15, -0.1) is 0 Å². The van der Waals surface area contributed by atoms with Gasteiger partial charge in [0.15, 0.2) is 5.69 Å². The molecule has 0 bridgehead atoms. The van der Waals surface area contributed by atoms with Gasteiger partial charge in [0.1, 0.15) is 11.6 Å². The van der Waals surface area contributed by atoms with E-state index in [1.165, 1.54) is 24.1 Å². The average Bonchev–Trinajstić information content (AvgIpc) is 2.81. The lowest BCUT2D eigenvalue weighted by molar-refractivity contribution is -0.141. The molecule has 4 rings (SSSR count). The largest absolute Gasteiger partial charge is 0.433 e. The fraction of sp³-hybridized carbons (Fsp3) is 0.227. The van der Waals surface area contributed by atoms with E-state index in [1.807, 2.05) is 6.07 Å². The van der Waals surface area contributed by atoms with Crippen molar-refractivity contribution in [2.24, 2.45) is 0 Å². The minimum atomic E-state index is -4.63. The first-order valence-corrected chi connectivity index (χ1v) is 10.7. The van der Waals surface area contributed by atoms with Crippen LogP contribution in [0.15, 0.2) is 59.5 Å². The Morgan fingerprint density at radius 3 is 2.21 bits per heavy atom. The molecule has 170 valence electrons. The molecule has 2 heterocycles. The van der Waals surface area contributed by atoms with Crippen molar-refractivity contribution >= 4 is 29.4 Å². The Morgan fingerprint density at radius 2 is 1.61 bits per heavy atom. The number of hydrogen-bond donors (Lipinski definition) is 1. The quantitative estimate of drug-likeness (QED) is 0.409. The van der Waals surface area contributed by atoms with Gasteiger partial charge in [-0.25, -0.2) is 13.7 Å². The highest BCUT2D eigenvalue weighted by molar-refractivity contribution is 7.97. The Labute approximate surface area is 192 Å². The lowest BCUT2D eigenvalue weighted by Gasteiger charge is -2.34. The minimum Gasteiger partial charge on any atom is -0.340 e. The van der Waals surface area contributed by atoms with Gasteiger partial charge in [-0.1, -0.05) is 0 Å². The van der Waals surface area contributed by atoms with Crippen LogP contribution >= 0.6 is 11.9 Å². The highest BCUT2D eigenvalue weighted by Crippen LogP contribution is 2.32. The molecule has 33 heavy (non-hydrogen) atoms. The standard InChI is InChI=1S/C22H18F4N6S/c23-16-3-7-18(8-4-16)33-32-11-9-31(10-12-32)21-29-19(22(24,25)26)13-20(30-21)28-17-5-1-15(14-27)2-6-17/h1-8,13H,9-12H2,(H,28,29,30). The molecule has 1 aliphatic rings. The molecule has 0 spiro atoms. The maximum atomic E-state index is 13.5. The zero-order valence-electron chi connectivity index (χ0n) is 17.2. The fourth-order valence-electron chi connectivity index (χ4n) is 3.19. The van der Waals surface area contributed by atoms with Gasteiger partial charge >= 0.3 is 6.18 Å². The molecule has 0 aliphatic carbocycles. The van der Waals surface area contributed by atoms with Gasteiger partial charge in [-0.2, -0.15) is 23.4 Å². The molecule has 1 N–H and O–H groups in total. The molecule has 1 saturated heterocycles. The summed E-state index contributed by atoms with van der Waals surface area (Å²) in [4.78, 5) is 10.6. The van der Waals surface area contributed by atoms with Crippen molar-refractivity contribution in [3.8, 4) is 6.07 Å². The summed E-state index contributed by atoms with van der Waals surface area (Å²) in [5.41, 5.74) is -0.0876. The lowest BCUT2D eigenvalue weighted by Crippen LogP contribution is -2.44. The van der Waals surface area contributed by atoms with E-state index in [0.29, 0.717) is 37.4 Å². The number of benzene rings is 2. The number of nitrogens with zero attached hydrogens (tertiary/aromatic N) is 5. The fourth-order valence-corrected chi connectivity index (χ4v) is 4.09. The maximum absolute atomic E-state index is 13.5. The van der Waals surface area contributed by atoms with E-state index in [-0.39, 0.29) is 17.6 Å². The van der Waals surface area contributed by atoms with Gasteiger partial charge in [-0.3, -0.25) is 0 Å². The first kappa shape index (κ1) is 22.8. The van der Waals surface area contributed by atoms with Crippen LogP contribution < -0.4 is 10.2 Å². The molecule has 11 heteroatoms. The van der Waals surface area contributed by atoms with Crippen molar-refractivity contribution in [2.75, 3.05) is 36.4 Å². The number of alkyl halides is 3. The van der Waals surface area contributed by atoms with E-state index < -0.39 is 11.9 Å². The number of hydrogen-bond acceptors (Lipinski definition) is 7. The number of piperazine rings is 1.